The van der Waals surface area contributed by atoms with Crippen LogP contribution in [0.25, 0.3) is 28.7 Å². The molecule has 0 aliphatic heterocycles. The first-order valence-electron chi connectivity index (χ1n) is 7.50. The van der Waals surface area contributed by atoms with Gasteiger partial charge in [0.1, 0.15) is 0 Å². The molecule has 2 heterocycles. The van der Waals surface area contributed by atoms with E-state index in [1.165, 1.54) is 4.68 Å². The first-order valence-corrected chi connectivity index (χ1v) is 7.88. The van der Waals surface area contributed by atoms with Crippen LogP contribution < -0.4 is 5.73 Å². The van der Waals surface area contributed by atoms with Crippen LogP contribution in [-0.4, -0.2) is 25.1 Å². The Labute approximate surface area is 148 Å². The SMILES string of the molecule is Cc1ccc(-n2nnc(-c3nc(-c4ccc(Cl)cc4)no3)c2N)cc1. The van der Waals surface area contributed by atoms with Gasteiger partial charge < -0.3 is 10.3 Å². The summed E-state index contributed by atoms with van der Waals surface area (Å²) in [6, 6.07) is 14.9. The molecule has 0 spiro atoms. The first kappa shape index (κ1) is 15.3. The third-order valence-corrected chi connectivity index (χ3v) is 3.97. The van der Waals surface area contributed by atoms with Gasteiger partial charge in [-0.05, 0) is 43.3 Å². The molecule has 0 unspecified atom stereocenters. The first-order chi connectivity index (χ1) is 12.1. The summed E-state index contributed by atoms with van der Waals surface area (Å²) in [5.41, 5.74) is 9.24. The Morgan fingerprint density at radius 2 is 1.76 bits per heavy atom. The molecule has 0 amide bonds. The van der Waals surface area contributed by atoms with Gasteiger partial charge in [0.05, 0.1) is 5.69 Å². The largest absolute Gasteiger partial charge is 0.382 e. The van der Waals surface area contributed by atoms with Crippen molar-refractivity contribution in [1.82, 2.24) is 25.1 Å². The Morgan fingerprint density at radius 3 is 2.48 bits per heavy atom. The van der Waals surface area contributed by atoms with E-state index in [2.05, 4.69) is 20.5 Å². The molecular formula is C17H13ClN6O. The highest BCUT2D eigenvalue weighted by Gasteiger charge is 2.19. The van der Waals surface area contributed by atoms with Gasteiger partial charge in [-0.1, -0.05) is 39.7 Å². The molecule has 4 rings (SSSR count). The third-order valence-electron chi connectivity index (χ3n) is 3.71. The number of hydrogen-bond acceptors (Lipinski definition) is 6. The Hall–Kier alpha value is -3.19. The maximum atomic E-state index is 6.17. The molecule has 0 atom stereocenters. The number of hydrogen-bond donors (Lipinski definition) is 1. The minimum absolute atomic E-state index is 0.209. The minimum Gasteiger partial charge on any atom is -0.382 e. The van der Waals surface area contributed by atoms with Crippen LogP contribution in [0.1, 0.15) is 5.56 Å². The summed E-state index contributed by atoms with van der Waals surface area (Å²) in [6.07, 6.45) is 0. The van der Waals surface area contributed by atoms with Crippen LogP contribution in [0, 0.1) is 6.92 Å². The molecule has 0 fully saturated rings. The zero-order valence-corrected chi connectivity index (χ0v) is 14.0. The molecule has 2 N–H and O–H groups in total. The summed E-state index contributed by atoms with van der Waals surface area (Å²) in [5, 5.41) is 12.8. The van der Waals surface area contributed by atoms with Crippen LogP contribution in [0.4, 0.5) is 5.82 Å². The van der Waals surface area contributed by atoms with Crippen molar-refractivity contribution in [3.05, 3.63) is 59.1 Å². The molecule has 0 aliphatic rings. The average molecular weight is 353 g/mol. The fourth-order valence-electron chi connectivity index (χ4n) is 2.35. The van der Waals surface area contributed by atoms with Crippen LogP contribution in [0.15, 0.2) is 53.1 Å². The second-order valence-electron chi connectivity index (χ2n) is 5.50. The number of nitrogens with two attached hydrogens (primary N) is 1. The summed E-state index contributed by atoms with van der Waals surface area (Å²) >= 11 is 5.89. The number of aryl methyl sites for hydroxylation is 1. The Kier molecular flexibility index (Phi) is 3.70. The van der Waals surface area contributed by atoms with Crippen molar-refractivity contribution < 1.29 is 4.52 Å². The zero-order valence-electron chi connectivity index (χ0n) is 13.2. The monoisotopic (exact) mass is 352 g/mol. The number of rotatable bonds is 3. The topological polar surface area (TPSA) is 95.6 Å². The molecule has 2 aromatic heterocycles. The summed E-state index contributed by atoms with van der Waals surface area (Å²) in [6.45, 7) is 2.01. The molecule has 124 valence electrons. The van der Waals surface area contributed by atoms with E-state index in [9.17, 15) is 0 Å². The van der Waals surface area contributed by atoms with Crippen molar-refractivity contribution in [2.75, 3.05) is 5.73 Å². The summed E-state index contributed by atoms with van der Waals surface area (Å²) in [5.74, 6) is 0.965. The van der Waals surface area contributed by atoms with Crippen molar-refractivity contribution in [2.45, 2.75) is 6.92 Å². The molecule has 0 saturated heterocycles. The van der Waals surface area contributed by atoms with Gasteiger partial charge in [-0.3, -0.25) is 0 Å². The van der Waals surface area contributed by atoms with Gasteiger partial charge in [0.15, 0.2) is 11.5 Å². The number of nitrogen functional groups attached to an aromatic ring is 1. The van der Waals surface area contributed by atoms with E-state index in [4.69, 9.17) is 21.9 Å². The van der Waals surface area contributed by atoms with Gasteiger partial charge in [0.2, 0.25) is 5.82 Å². The Morgan fingerprint density at radius 1 is 1.04 bits per heavy atom. The summed E-state index contributed by atoms with van der Waals surface area (Å²) < 4.78 is 6.82. The van der Waals surface area contributed by atoms with E-state index in [0.29, 0.717) is 22.4 Å². The number of nitrogens with zero attached hydrogens (tertiary/aromatic N) is 5. The second-order valence-corrected chi connectivity index (χ2v) is 5.94. The van der Waals surface area contributed by atoms with Crippen molar-refractivity contribution in [1.29, 1.82) is 0 Å². The predicted molar refractivity (Wildman–Crippen MR) is 94.2 cm³/mol. The Balaban J connectivity index is 1.69. The second kappa shape index (κ2) is 6.03. The summed E-state index contributed by atoms with van der Waals surface area (Å²) in [7, 11) is 0. The number of halogens is 1. The molecule has 8 heteroatoms. The van der Waals surface area contributed by atoms with Crippen molar-refractivity contribution >= 4 is 17.4 Å². The van der Waals surface area contributed by atoms with Gasteiger partial charge >= 0.3 is 0 Å². The fourth-order valence-corrected chi connectivity index (χ4v) is 2.48. The van der Waals surface area contributed by atoms with Crippen LogP contribution in [0.3, 0.4) is 0 Å². The average Bonchev–Trinajstić information content (AvgIpc) is 3.23. The van der Waals surface area contributed by atoms with E-state index in [0.717, 1.165) is 16.8 Å². The van der Waals surface area contributed by atoms with E-state index in [1.807, 2.05) is 43.3 Å². The van der Waals surface area contributed by atoms with E-state index >= 15 is 0 Å². The lowest BCUT2D eigenvalue weighted by atomic mass is 10.2. The predicted octanol–water partition coefficient (Wildman–Crippen LogP) is 3.53. The van der Waals surface area contributed by atoms with Crippen LogP contribution >= 0.6 is 11.6 Å². The molecule has 0 saturated carbocycles. The van der Waals surface area contributed by atoms with Gasteiger partial charge in [0.25, 0.3) is 5.89 Å². The smallest absolute Gasteiger partial charge is 0.282 e. The van der Waals surface area contributed by atoms with Crippen LogP contribution in [-0.2, 0) is 0 Å². The lowest BCUT2D eigenvalue weighted by molar-refractivity contribution is 0.431. The molecule has 7 nitrogen and oxygen atoms in total. The van der Waals surface area contributed by atoms with E-state index in [1.54, 1.807) is 12.1 Å². The molecule has 4 aromatic rings. The molecular weight excluding hydrogens is 340 g/mol. The molecule has 0 radical (unpaired) electrons. The van der Waals surface area contributed by atoms with Gasteiger partial charge in [0, 0.05) is 10.6 Å². The highest BCUT2D eigenvalue weighted by Crippen LogP contribution is 2.26. The van der Waals surface area contributed by atoms with Crippen LogP contribution in [0.5, 0.6) is 0 Å². The highest BCUT2D eigenvalue weighted by atomic mass is 35.5. The van der Waals surface area contributed by atoms with Crippen molar-refractivity contribution in [2.24, 2.45) is 0 Å². The normalized spacial score (nSPS) is 11.0. The standard InChI is InChI=1S/C17H13ClN6O/c1-10-2-8-13(9-3-10)24-15(19)14(21-23-24)17-20-16(22-25-17)11-4-6-12(18)7-5-11/h2-9H,19H2,1H3. The summed E-state index contributed by atoms with van der Waals surface area (Å²) in [4.78, 5) is 4.35. The molecule has 0 aliphatic carbocycles. The van der Waals surface area contributed by atoms with Crippen molar-refractivity contribution in [3.8, 4) is 28.7 Å². The number of aromatic nitrogens is 5. The van der Waals surface area contributed by atoms with E-state index < -0.39 is 0 Å². The maximum absolute atomic E-state index is 6.17. The molecule has 25 heavy (non-hydrogen) atoms. The zero-order chi connectivity index (χ0) is 17.4. The number of anilines is 1. The van der Waals surface area contributed by atoms with Crippen molar-refractivity contribution in [3.63, 3.8) is 0 Å². The maximum Gasteiger partial charge on any atom is 0.282 e. The minimum atomic E-state index is 0.209. The van der Waals surface area contributed by atoms with Gasteiger partial charge in [-0.25, -0.2) is 0 Å². The molecule has 2 aromatic carbocycles. The highest BCUT2D eigenvalue weighted by molar-refractivity contribution is 6.30. The van der Waals surface area contributed by atoms with Crippen LogP contribution in [0.2, 0.25) is 5.02 Å². The van der Waals surface area contributed by atoms with Gasteiger partial charge in [-0.2, -0.15) is 9.67 Å². The fraction of sp³-hybridized carbons (Fsp3) is 0.0588. The number of benzene rings is 2. The quantitative estimate of drug-likeness (QED) is 0.606. The van der Waals surface area contributed by atoms with E-state index in [-0.39, 0.29) is 5.89 Å². The van der Waals surface area contributed by atoms with Gasteiger partial charge in [-0.15, -0.1) is 5.10 Å². The Bertz CT molecular complexity index is 1020. The lowest BCUT2D eigenvalue weighted by Crippen LogP contribution is -2.02. The molecule has 0 bridgehead atoms. The lowest BCUT2D eigenvalue weighted by Gasteiger charge is -2.02. The third kappa shape index (κ3) is 2.85.